The van der Waals surface area contributed by atoms with E-state index in [0.29, 0.717) is 11.4 Å². The fourth-order valence-corrected chi connectivity index (χ4v) is 3.81. The molecule has 0 atom stereocenters. The topological polar surface area (TPSA) is 151 Å². The van der Waals surface area contributed by atoms with Gasteiger partial charge < -0.3 is 24.6 Å². The fraction of sp³-hybridized carbons (Fsp3) is 0.278. The predicted molar refractivity (Wildman–Crippen MR) is 105 cm³/mol. The van der Waals surface area contributed by atoms with Crippen molar-refractivity contribution in [1.29, 1.82) is 0 Å². The van der Waals surface area contributed by atoms with Crippen LogP contribution in [0.2, 0.25) is 0 Å². The molecule has 2 aromatic rings. The quantitative estimate of drug-likeness (QED) is 0.501. The van der Waals surface area contributed by atoms with Crippen molar-refractivity contribution in [1.82, 2.24) is 10.1 Å². The molecule has 3 rings (SSSR count). The van der Waals surface area contributed by atoms with Gasteiger partial charge in [0.2, 0.25) is 0 Å². The van der Waals surface area contributed by atoms with Crippen LogP contribution in [0.1, 0.15) is 5.76 Å². The summed E-state index contributed by atoms with van der Waals surface area (Å²) in [5.74, 6) is -0.622. The van der Waals surface area contributed by atoms with E-state index in [0.717, 1.165) is 0 Å². The van der Waals surface area contributed by atoms with Gasteiger partial charge in [-0.3, -0.25) is 9.52 Å². The van der Waals surface area contributed by atoms with Gasteiger partial charge in [-0.2, -0.15) is 0 Å². The predicted octanol–water partition coefficient (Wildman–Crippen LogP) is 0.457. The number of hydrogen-bond acceptors (Lipinski definition) is 9. The first kappa shape index (κ1) is 21.3. The van der Waals surface area contributed by atoms with Gasteiger partial charge in [-0.15, -0.1) is 0 Å². The summed E-state index contributed by atoms with van der Waals surface area (Å²) in [6.45, 7) is 1.45. The van der Waals surface area contributed by atoms with Crippen LogP contribution in [0.15, 0.2) is 51.0 Å². The molecule has 3 N–H and O–H groups in total. The lowest BCUT2D eigenvalue weighted by atomic mass is 10.2. The molecule has 0 radical (unpaired) electrons. The highest BCUT2D eigenvalue weighted by Crippen LogP contribution is 2.24. The van der Waals surface area contributed by atoms with Gasteiger partial charge in [-0.1, -0.05) is 5.16 Å². The molecule has 1 amide bonds. The Morgan fingerprint density at radius 3 is 2.60 bits per heavy atom. The number of esters is 1. The van der Waals surface area contributed by atoms with Gasteiger partial charge in [0.25, 0.3) is 15.9 Å². The van der Waals surface area contributed by atoms with E-state index in [-0.39, 0.29) is 41.7 Å². The second kappa shape index (κ2) is 8.55. The third kappa shape index (κ3) is 4.44. The van der Waals surface area contributed by atoms with Crippen LogP contribution in [-0.4, -0.2) is 62.3 Å². The first-order valence-corrected chi connectivity index (χ1v) is 10.3. The van der Waals surface area contributed by atoms with Crippen LogP contribution in [0.25, 0.3) is 0 Å². The van der Waals surface area contributed by atoms with Crippen molar-refractivity contribution in [2.75, 3.05) is 36.8 Å². The molecule has 1 aliphatic heterocycles. The molecule has 2 heterocycles. The number of carbonyl (C=O) groups is 2. The molecular formula is C18H20N4O7S. The molecule has 30 heavy (non-hydrogen) atoms. The third-order valence-corrected chi connectivity index (χ3v) is 5.63. The Morgan fingerprint density at radius 1 is 1.33 bits per heavy atom. The number of β-amino-alcohol motifs (C(OH)–C–C–N with tert-alkyl or cyclic N) is 1. The number of aromatic nitrogens is 1. The molecule has 1 aliphatic rings. The van der Waals surface area contributed by atoms with Gasteiger partial charge in [0.05, 0.1) is 30.7 Å². The minimum Gasteiger partial charge on any atom is -0.466 e. The number of sulfonamides is 1. The van der Waals surface area contributed by atoms with E-state index in [2.05, 4.69) is 15.2 Å². The highest BCUT2D eigenvalue weighted by Gasteiger charge is 2.34. The summed E-state index contributed by atoms with van der Waals surface area (Å²) in [7, 11) is -2.68. The summed E-state index contributed by atoms with van der Waals surface area (Å²) in [4.78, 5) is 25.8. The molecule has 160 valence electrons. The van der Waals surface area contributed by atoms with Crippen molar-refractivity contribution in [3.05, 3.63) is 47.4 Å². The molecule has 0 fully saturated rings. The highest BCUT2D eigenvalue weighted by molar-refractivity contribution is 7.92. The number of nitrogens with zero attached hydrogens (tertiary/aromatic N) is 2. The Kier molecular flexibility index (Phi) is 6.08. The molecule has 11 nitrogen and oxygen atoms in total. The van der Waals surface area contributed by atoms with E-state index in [4.69, 9.17) is 14.4 Å². The number of benzene rings is 1. The molecule has 1 aromatic heterocycles. The van der Waals surface area contributed by atoms with E-state index in [9.17, 15) is 18.0 Å². The van der Waals surface area contributed by atoms with E-state index in [1.165, 1.54) is 42.3 Å². The molecule has 0 bridgehead atoms. The number of ether oxygens (including phenoxy) is 1. The van der Waals surface area contributed by atoms with Crippen molar-refractivity contribution in [3.8, 4) is 0 Å². The summed E-state index contributed by atoms with van der Waals surface area (Å²) in [6.07, 6.45) is 0. The van der Waals surface area contributed by atoms with Crippen molar-refractivity contribution in [3.63, 3.8) is 0 Å². The van der Waals surface area contributed by atoms with Crippen LogP contribution in [0.5, 0.6) is 0 Å². The van der Waals surface area contributed by atoms with Gasteiger partial charge in [-0.05, 0) is 31.2 Å². The molecule has 0 spiro atoms. The summed E-state index contributed by atoms with van der Waals surface area (Å²) < 4.78 is 36.7. The lowest BCUT2D eigenvalue weighted by molar-refractivity contribution is -0.136. The first-order chi connectivity index (χ1) is 14.2. The van der Waals surface area contributed by atoms with Crippen LogP contribution >= 0.6 is 0 Å². The maximum atomic E-state index is 12.5. The molecule has 0 saturated heterocycles. The number of anilines is 2. The average Bonchev–Trinajstić information content (AvgIpc) is 3.25. The zero-order chi connectivity index (χ0) is 21.9. The van der Waals surface area contributed by atoms with E-state index < -0.39 is 21.9 Å². The summed E-state index contributed by atoms with van der Waals surface area (Å²) in [5, 5.41) is 15.5. The molecule has 12 heteroatoms. The van der Waals surface area contributed by atoms with Crippen LogP contribution in [0, 0.1) is 6.92 Å². The Labute approximate surface area is 172 Å². The van der Waals surface area contributed by atoms with Crippen molar-refractivity contribution >= 4 is 33.4 Å². The highest BCUT2D eigenvalue weighted by atomic mass is 32.2. The summed E-state index contributed by atoms with van der Waals surface area (Å²) in [6, 6.07) is 7.01. The SMILES string of the molecule is COC(=O)C1=C(Nc2ccc(S(=O)(=O)Nc3cc(C)on3)cc2)C(=O)N(CCO)C1. The Balaban J connectivity index is 1.80. The number of aliphatic hydroxyl groups excluding tert-OH is 1. The van der Waals surface area contributed by atoms with Crippen molar-refractivity contribution < 1.29 is 32.4 Å². The largest absolute Gasteiger partial charge is 0.466 e. The maximum Gasteiger partial charge on any atom is 0.337 e. The fourth-order valence-electron chi connectivity index (χ4n) is 2.82. The number of carbonyl (C=O) groups excluding carboxylic acids is 2. The van der Waals surface area contributed by atoms with Gasteiger partial charge >= 0.3 is 5.97 Å². The second-order valence-electron chi connectivity index (χ2n) is 6.37. The zero-order valence-corrected chi connectivity index (χ0v) is 17.0. The number of nitrogens with one attached hydrogen (secondary N) is 2. The number of hydrogen-bond donors (Lipinski definition) is 3. The average molecular weight is 436 g/mol. The lowest BCUT2D eigenvalue weighted by Gasteiger charge is -2.15. The van der Waals surface area contributed by atoms with Gasteiger partial charge in [-0.25, -0.2) is 13.2 Å². The van der Waals surface area contributed by atoms with Crippen LogP contribution < -0.4 is 10.0 Å². The Bertz CT molecular complexity index is 1090. The Hall–Kier alpha value is -3.38. The number of rotatable bonds is 8. The minimum absolute atomic E-state index is 0.00188. The monoisotopic (exact) mass is 436 g/mol. The standard InChI is InChI=1S/C18H20N4O7S/c1-11-9-15(20-29-11)21-30(26,27)13-5-3-12(4-6-13)19-16-14(18(25)28-2)10-22(7-8-23)17(16)24/h3-6,9,19,23H,7-8,10H2,1-2H3,(H,20,21). The summed E-state index contributed by atoms with van der Waals surface area (Å²) in [5.41, 5.74) is 0.527. The van der Waals surface area contributed by atoms with Crippen LogP contribution in [-0.2, 0) is 24.3 Å². The number of methoxy groups -OCH3 is 1. The van der Waals surface area contributed by atoms with Crippen molar-refractivity contribution in [2.45, 2.75) is 11.8 Å². The Morgan fingerprint density at radius 2 is 2.03 bits per heavy atom. The van der Waals surface area contributed by atoms with Crippen LogP contribution in [0.4, 0.5) is 11.5 Å². The van der Waals surface area contributed by atoms with Crippen LogP contribution in [0.3, 0.4) is 0 Å². The molecule has 0 saturated carbocycles. The van der Waals surface area contributed by atoms with E-state index >= 15 is 0 Å². The maximum absolute atomic E-state index is 12.5. The zero-order valence-electron chi connectivity index (χ0n) is 16.2. The van der Waals surface area contributed by atoms with Gasteiger partial charge in [0.1, 0.15) is 11.5 Å². The summed E-state index contributed by atoms with van der Waals surface area (Å²) >= 11 is 0. The normalized spacial score (nSPS) is 14.2. The number of aliphatic hydroxyl groups is 1. The third-order valence-electron chi connectivity index (χ3n) is 4.25. The number of amides is 1. The smallest absolute Gasteiger partial charge is 0.337 e. The molecule has 0 unspecified atom stereocenters. The second-order valence-corrected chi connectivity index (χ2v) is 8.06. The van der Waals surface area contributed by atoms with E-state index in [1.54, 1.807) is 6.92 Å². The molecule has 0 aliphatic carbocycles. The van der Waals surface area contributed by atoms with E-state index in [1.807, 2.05) is 0 Å². The molecule has 1 aromatic carbocycles. The van der Waals surface area contributed by atoms with Gasteiger partial charge in [0.15, 0.2) is 5.82 Å². The minimum atomic E-state index is -3.89. The first-order valence-electron chi connectivity index (χ1n) is 8.80. The lowest BCUT2D eigenvalue weighted by Crippen LogP contribution is -2.31. The van der Waals surface area contributed by atoms with Gasteiger partial charge in [0, 0.05) is 18.3 Å². The number of aryl methyl sites for hydroxylation is 1. The molecular weight excluding hydrogens is 416 g/mol. The van der Waals surface area contributed by atoms with Crippen molar-refractivity contribution in [2.24, 2.45) is 0 Å².